The van der Waals surface area contributed by atoms with Gasteiger partial charge < -0.3 is 4.90 Å². The van der Waals surface area contributed by atoms with Gasteiger partial charge in [-0.3, -0.25) is 9.69 Å². The van der Waals surface area contributed by atoms with Gasteiger partial charge in [-0.25, -0.2) is 8.42 Å². The number of nitriles is 1. The summed E-state index contributed by atoms with van der Waals surface area (Å²) in [6, 6.07) is 18.2. The van der Waals surface area contributed by atoms with E-state index in [1.54, 1.807) is 29.2 Å². The van der Waals surface area contributed by atoms with Gasteiger partial charge in [0.1, 0.15) is 0 Å². The van der Waals surface area contributed by atoms with Crippen molar-refractivity contribution in [3.63, 3.8) is 0 Å². The summed E-state index contributed by atoms with van der Waals surface area (Å²) in [5.74, 6) is -0.0914. The van der Waals surface area contributed by atoms with Crippen LogP contribution in [0.15, 0.2) is 59.5 Å². The molecular weight excluding hydrogens is 400 g/mol. The van der Waals surface area contributed by atoms with Crippen molar-refractivity contribution in [3.8, 4) is 6.07 Å². The van der Waals surface area contributed by atoms with E-state index in [9.17, 15) is 13.2 Å². The molecule has 0 spiro atoms. The maximum Gasteiger partial charge on any atom is 0.243 e. The quantitative estimate of drug-likeness (QED) is 0.678. The Hall–Kier alpha value is -2.73. The smallest absolute Gasteiger partial charge is 0.243 e. The molecule has 158 valence electrons. The highest BCUT2D eigenvalue weighted by atomic mass is 32.2. The Labute approximate surface area is 178 Å². The van der Waals surface area contributed by atoms with E-state index in [1.165, 1.54) is 4.31 Å². The zero-order valence-corrected chi connectivity index (χ0v) is 17.9. The topological polar surface area (TPSA) is 84.7 Å². The summed E-state index contributed by atoms with van der Waals surface area (Å²) in [4.78, 5) is 16.8. The van der Waals surface area contributed by atoms with Gasteiger partial charge in [-0.15, -0.1) is 0 Å². The van der Waals surface area contributed by atoms with E-state index in [-0.39, 0.29) is 18.9 Å². The molecule has 0 unspecified atom stereocenters. The minimum absolute atomic E-state index is 0.0914. The van der Waals surface area contributed by atoms with Crippen molar-refractivity contribution in [2.45, 2.75) is 18.2 Å². The molecule has 1 saturated heterocycles. The summed E-state index contributed by atoms with van der Waals surface area (Å²) in [7, 11) is -3.53. The van der Waals surface area contributed by atoms with Crippen LogP contribution in [-0.4, -0.2) is 62.8 Å². The fourth-order valence-corrected chi connectivity index (χ4v) is 4.85. The lowest BCUT2D eigenvalue weighted by atomic mass is 10.2. The Morgan fingerprint density at radius 2 is 1.67 bits per heavy atom. The summed E-state index contributed by atoms with van der Waals surface area (Å²) in [6.45, 7) is 4.09. The molecule has 1 aliphatic heterocycles. The van der Waals surface area contributed by atoms with Crippen LogP contribution >= 0.6 is 0 Å². The SMILES string of the molecule is Cc1ccc(S(=O)(=O)N2CCN(CC(=O)N(CCC#N)c3ccccc3)CC2)cc1. The molecule has 0 aromatic heterocycles. The van der Waals surface area contributed by atoms with Crippen LogP contribution in [0.25, 0.3) is 0 Å². The summed E-state index contributed by atoms with van der Waals surface area (Å²) >= 11 is 0. The lowest BCUT2D eigenvalue weighted by molar-refractivity contribution is -0.120. The molecular formula is C22H26N4O3S. The number of anilines is 1. The number of benzene rings is 2. The van der Waals surface area contributed by atoms with Crippen LogP contribution in [0.5, 0.6) is 0 Å². The number of carbonyl (C=O) groups excluding carboxylic acids is 1. The van der Waals surface area contributed by atoms with E-state index in [4.69, 9.17) is 5.26 Å². The molecule has 0 radical (unpaired) electrons. The number of hydrogen-bond donors (Lipinski definition) is 0. The zero-order chi connectivity index (χ0) is 21.6. The van der Waals surface area contributed by atoms with E-state index in [1.807, 2.05) is 42.2 Å². The molecule has 30 heavy (non-hydrogen) atoms. The normalized spacial score (nSPS) is 15.5. The third kappa shape index (κ3) is 5.25. The molecule has 3 rings (SSSR count). The van der Waals surface area contributed by atoms with Gasteiger partial charge in [-0.2, -0.15) is 9.57 Å². The highest BCUT2D eigenvalue weighted by Crippen LogP contribution is 2.19. The number of nitrogens with zero attached hydrogens (tertiary/aromatic N) is 4. The lowest BCUT2D eigenvalue weighted by Gasteiger charge is -2.34. The average Bonchev–Trinajstić information content (AvgIpc) is 2.75. The Kier molecular flexibility index (Phi) is 7.21. The Bertz CT molecular complexity index is 993. The molecule has 0 aliphatic carbocycles. The van der Waals surface area contributed by atoms with Gasteiger partial charge >= 0.3 is 0 Å². The summed E-state index contributed by atoms with van der Waals surface area (Å²) < 4.78 is 27.2. The molecule has 0 atom stereocenters. The molecule has 1 heterocycles. The first-order valence-electron chi connectivity index (χ1n) is 9.93. The van der Waals surface area contributed by atoms with Gasteiger partial charge in [0.2, 0.25) is 15.9 Å². The lowest BCUT2D eigenvalue weighted by Crippen LogP contribution is -2.51. The van der Waals surface area contributed by atoms with Crippen molar-refractivity contribution < 1.29 is 13.2 Å². The second-order valence-corrected chi connectivity index (χ2v) is 9.22. The van der Waals surface area contributed by atoms with Crippen molar-refractivity contribution in [1.29, 1.82) is 5.26 Å². The van der Waals surface area contributed by atoms with E-state index in [0.717, 1.165) is 11.3 Å². The number of carbonyl (C=O) groups is 1. The van der Waals surface area contributed by atoms with Gasteiger partial charge in [-0.05, 0) is 31.2 Å². The molecule has 1 fully saturated rings. The van der Waals surface area contributed by atoms with Gasteiger partial charge in [0.15, 0.2) is 0 Å². The van der Waals surface area contributed by atoms with Gasteiger partial charge in [0.05, 0.1) is 23.9 Å². The van der Waals surface area contributed by atoms with Crippen LogP contribution in [0.4, 0.5) is 5.69 Å². The van der Waals surface area contributed by atoms with E-state index < -0.39 is 10.0 Å². The van der Waals surface area contributed by atoms with Crippen molar-refractivity contribution in [2.24, 2.45) is 0 Å². The van der Waals surface area contributed by atoms with Crippen LogP contribution in [0.3, 0.4) is 0 Å². The molecule has 1 amide bonds. The van der Waals surface area contributed by atoms with E-state index in [2.05, 4.69) is 6.07 Å². The first-order chi connectivity index (χ1) is 14.4. The largest absolute Gasteiger partial charge is 0.310 e. The number of sulfonamides is 1. The Morgan fingerprint density at radius 3 is 2.27 bits per heavy atom. The number of hydrogen-bond acceptors (Lipinski definition) is 5. The highest BCUT2D eigenvalue weighted by Gasteiger charge is 2.29. The number of piperazine rings is 1. The fourth-order valence-electron chi connectivity index (χ4n) is 3.43. The molecule has 7 nitrogen and oxygen atoms in total. The third-order valence-electron chi connectivity index (χ3n) is 5.17. The van der Waals surface area contributed by atoms with E-state index >= 15 is 0 Å². The molecule has 0 bridgehead atoms. The predicted octanol–water partition coefficient (Wildman–Crippen LogP) is 2.25. The van der Waals surface area contributed by atoms with Gasteiger partial charge in [0, 0.05) is 38.4 Å². The van der Waals surface area contributed by atoms with Gasteiger partial charge in [0.25, 0.3) is 0 Å². The van der Waals surface area contributed by atoms with Crippen molar-refractivity contribution in [2.75, 3.05) is 44.2 Å². The molecule has 0 saturated carbocycles. The number of amides is 1. The maximum absolute atomic E-state index is 12.9. The first-order valence-corrected chi connectivity index (χ1v) is 11.4. The molecule has 1 aliphatic rings. The zero-order valence-electron chi connectivity index (χ0n) is 17.1. The predicted molar refractivity (Wildman–Crippen MR) is 115 cm³/mol. The molecule has 2 aromatic carbocycles. The second kappa shape index (κ2) is 9.85. The Morgan fingerprint density at radius 1 is 1.03 bits per heavy atom. The summed E-state index contributed by atoms with van der Waals surface area (Å²) in [5, 5.41) is 8.92. The maximum atomic E-state index is 12.9. The summed E-state index contributed by atoms with van der Waals surface area (Å²) in [5.41, 5.74) is 1.77. The Balaban J connectivity index is 1.61. The third-order valence-corrected chi connectivity index (χ3v) is 7.08. The average molecular weight is 427 g/mol. The molecule has 2 aromatic rings. The minimum Gasteiger partial charge on any atom is -0.310 e. The van der Waals surface area contributed by atoms with Crippen molar-refractivity contribution >= 4 is 21.6 Å². The van der Waals surface area contributed by atoms with Gasteiger partial charge in [-0.1, -0.05) is 35.9 Å². The number of rotatable bonds is 7. The minimum atomic E-state index is -3.53. The van der Waals surface area contributed by atoms with E-state index in [0.29, 0.717) is 37.6 Å². The monoisotopic (exact) mass is 426 g/mol. The van der Waals surface area contributed by atoms with Crippen LogP contribution in [-0.2, 0) is 14.8 Å². The molecule has 0 N–H and O–H groups in total. The van der Waals surface area contributed by atoms with Crippen molar-refractivity contribution in [3.05, 3.63) is 60.2 Å². The first kappa shape index (κ1) is 22.0. The van der Waals surface area contributed by atoms with Crippen LogP contribution < -0.4 is 4.90 Å². The van der Waals surface area contributed by atoms with Crippen LogP contribution in [0, 0.1) is 18.3 Å². The standard InChI is InChI=1S/C22H26N4O3S/c1-19-8-10-21(11-9-19)30(28,29)25-16-14-24(15-17-25)18-22(27)26(13-5-12-23)20-6-3-2-4-7-20/h2-4,6-11H,5,13-18H2,1H3. The summed E-state index contributed by atoms with van der Waals surface area (Å²) in [6.07, 6.45) is 0.253. The number of para-hydroxylation sites is 1. The van der Waals surface area contributed by atoms with Crippen LogP contribution in [0.1, 0.15) is 12.0 Å². The fraction of sp³-hybridized carbons (Fsp3) is 0.364. The van der Waals surface area contributed by atoms with Crippen LogP contribution in [0.2, 0.25) is 0 Å². The number of aryl methyl sites for hydroxylation is 1. The molecule has 8 heteroatoms. The highest BCUT2D eigenvalue weighted by molar-refractivity contribution is 7.89. The second-order valence-electron chi connectivity index (χ2n) is 7.28. The van der Waals surface area contributed by atoms with Crippen molar-refractivity contribution in [1.82, 2.24) is 9.21 Å².